The number of halogens is 4. The third kappa shape index (κ3) is 5.56. The molecule has 0 saturated heterocycles. The van der Waals surface area contributed by atoms with Crippen molar-refractivity contribution in [1.29, 1.82) is 0 Å². The lowest BCUT2D eigenvalue weighted by atomic mass is 9.89. The third-order valence-electron chi connectivity index (χ3n) is 7.60. The average molecular weight is 552 g/mol. The number of anilines is 1. The van der Waals surface area contributed by atoms with Gasteiger partial charge in [-0.2, -0.15) is 13.2 Å². The number of nitrogens with zero attached hydrogens (tertiary/aromatic N) is 3. The first-order valence-corrected chi connectivity index (χ1v) is 13.1. The lowest BCUT2D eigenvalue weighted by molar-refractivity contribution is -0.138. The van der Waals surface area contributed by atoms with E-state index < -0.39 is 35.3 Å². The summed E-state index contributed by atoms with van der Waals surface area (Å²) in [6.45, 7) is 4.01. The minimum absolute atomic E-state index is 0.0898. The van der Waals surface area contributed by atoms with Gasteiger partial charge in [-0.05, 0) is 83.5 Å². The zero-order valence-corrected chi connectivity index (χ0v) is 22.7. The van der Waals surface area contributed by atoms with Gasteiger partial charge in [0.2, 0.25) is 0 Å². The second kappa shape index (κ2) is 11.0. The topological polar surface area (TPSA) is 72.9 Å². The van der Waals surface area contributed by atoms with Crippen molar-refractivity contribution in [2.24, 2.45) is 0 Å². The van der Waals surface area contributed by atoms with Crippen molar-refractivity contribution in [3.05, 3.63) is 68.1 Å². The van der Waals surface area contributed by atoms with Crippen LogP contribution in [0.2, 0.25) is 5.02 Å². The normalized spacial score (nSPS) is 18.2. The van der Waals surface area contributed by atoms with Crippen LogP contribution in [0, 0.1) is 6.92 Å². The minimum Gasteiger partial charge on any atom is -0.369 e. The Morgan fingerprint density at radius 2 is 1.82 bits per heavy atom. The number of carbonyl (C=O) groups is 1. The highest BCUT2D eigenvalue weighted by atomic mass is 35.5. The largest absolute Gasteiger partial charge is 0.417 e. The van der Waals surface area contributed by atoms with Gasteiger partial charge in [0.15, 0.2) is 0 Å². The lowest BCUT2D eigenvalue weighted by Gasteiger charge is -2.40. The van der Waals surface area contributed by atoms with Crippen LogP contribution in [0.4, 0.5) is 18.9 Å². The summed E-state index contributed by atoms with van der Waals surface area (Å²) in [6.07, 6.45) is 0.790. The van der Waals surface area contributed by atoms with E-state index in [1.165, 1.54) is 18.3 Å². The summed E-state index contributed by atoms with van der Waals surface area (Å²) in [5, 5.41) is 5.50. The molecule has 0 atom stereocenters. The first kappa shape index (κ1) is 28.0. The number of alkyl halides is 3. The molecule has 1 saturated carbocycles. The molecule has 7 nitrogen and oxygen atoms in total. The Morgan fingerprint density at radius 3 is 2.42 bits per heavy atom. The second-order valence-electron chi connectivity index (χ2n) is 10.1. The Hall–Kier alpha value is -2.98. The van der Waals surface area contributed by atoms with Crippen LogP contribution in [-0.4, -0.2) is 53.1 Å². The standard InChI is InChI=1S/C27H33ClF3N5O2/c1-5-35(19-8-6-18(7-9-19)34(3)4)24-13-17(28)12-21(16(24)2)25(37)32-15-22-23(27(29,30)31)14-20-10-11-33-36(20)26(22)38/h10-14,18-19,33H,5-9,15H2,1-4H3,(H,32,37). The van der Waals surface area contributed by atoms with Crippen LogP contribution in [0.5, 0.6) is 0 Å². The quantitative estimate of drug-likeness (QED) is 0.421. The van der Waals surface area contributed by atoms with Crippen LogP contribution in [0.1, 0.15) is 59.7 Å². The van der Waals surface area contributed by atoms with Gasteiger partial charge in [0.1, 0.15) is 0 Å². The molecule has 0 aliphatic heterocycles. The molecule has 1 fully saturated rings. The van der Waals surface area contributed by atoms with E-state index in [0.717, 1.165) is 48.5 Å². The summed E-state index contributed by atoms with van der Waals surface area (Å²) in [5.41, 5.74) is -0.600. The van der Waals surface area contributed by atoms with Crippen LogP contribution < -0.4 is 15.8 Å². The molecule has 2 aromatic heterocycles. The van der Waals surface area contributed by atoms with E-state index >= 15 is 0 Å². The monoisotopic (exact) mass is 551 g/mol. The number of hydrogen-bond donors (Lipinski definition) is 2. The van der Waals surface area contributed by atoms with Crippen molar-refractivity contribution in [3.63, 3.8) is 0 Å². The van der Waals surface area contributed by atoms with E-state index in [1.807, 2.05) is 13.0 Å². The summed E-state index contributed by atoms with van der Waals surface area (Å²) >= 11 is 6.43. The molecule has 206 valence electrons. The molecule has 1 aliphatic carbocycles. The SMILES string of the molecule is CCN(c1cc(Cl)cc(C(=O)NCc2c(C(F)(F)F)cc3cc[nH]n3c2=O)c1C)C1CCC(N(C)C)CC1. The van der Waals surface area contributed by atoms with E-state index in [-0.39, 0.29) is 11.1 Å². The molecular weight excluding hydrogens is 519 g/mol. The van der Waals surface area contributed by atoms with Crippen molar-refractivity contribution in [3.8, 4) is 0 Å². The first-order valence-electron chi connectivity index (χ1n) is 12.7. The smallest absolute Gasteiger partial charge is 0.369 e. The van der Waals surface area contributed by atoms with E-state index in [1.54, 1.807) is 0 Å². The lowest BCUT2D eigenvalue weighted by Crippen LogP contribution is -2.42. The molecule has 0 bridgehead atoms. The molecule has 4 rings (SSSR count). The highest BCUT2D eigenvalue weighted by molar-refractivity contribution is 6.31. The summed E-state index contributed by atoms with van der Waals surface area (Å²) in [4.78, 5) is 30.6. The van der Waals surface area contributed by atoms with Crippen molar-refractivity contribution < 1.29 is 18.0 Å². The maximum absolute atomic E-state index is 13.8. The molecular formula is C27H33ClF3N5O2. The maximum Gasteiger partial charge on any atom is 0.417 e. The van der Waals surface area contributed by atoms with Gasteiger partial charge in [-0.1, -0.05) is 11.6 Å². The van der Waals surface area contributed by atoms with Crippen molar-refractivity contribution in [2.75, 3.05) is 25.5 Å². The van der Waals surface area contributed by atoms with Gasteiger partial charge in [-0.25, -0.2) is 4.52 Å². The minimum atomic E-state index is -4.75. The number of fused-ring (bicyclic) bond motifs is 1. The molecule has 3 aromatic rings. The highest BCUT2D eigenvalue weighted by Gasteiger charge is 2.36. The van der Waals surface area contributed by atoms with Gasteiger partial charge in [0, 0.05) is 47.6 Å². The van der Waals surface area contributed by atoms with Crippen LogP contribution in [-0.2, 0) is 12.7 Å². The number of aromatic amines is 1. The van der Waals surface area contributed by atoms with Crippen LogP contribution in [0.15, 0.2) is 35.3 Å². The molecule has 38 heavy (non-hydrogen) atoms. The van der Waals surface area contributed by atoms with Gasteiger partial charge >= 0.3 is 6.18 Å². The number of H-pyrrole nitrogens is 1. The van der Waals surface area contributed by atoms with E-state index in [9.17, 15) is 22.8 Å². The van der Waals surface area contributed by atoms with E-state index in [0.29, 0.717) is 22.7 Å². The van der Waals surface area contributed by atoms with Gasteiger partial charge in [0.05, 0.1) is 16.6 Å². The number of rotatable bonds is 7. The first-order chi connectivity index (χ1) is 17.9. The summed E-state index contributed by atoms with van der Waals surface area (Å²) in [5.74, 6) is -0.595. The fourth-order valence-corrected chi connectivity index (χ4v) is 5.73. The van der Waals surface area contributed by atoms with Gasteiger partial charge in [-0.3, -0.25) is 14.7 Å². The van der Waals surface area contributed by atoms with Crippen LogP contribution in [0.3, 0.4) is 0 Å². The molecule has 0 radical (unpaired) electrons. The van der Waals surface area contributed by atoms with Gasteiger partial charge in [0.25, 0.3) is 11.5 Å². The van der Waals surface area contributed by atoms with E-state index in [2.05, 4.69) is 41.2 Å². The van der Waals surface area contributed by atoms with Crippen molar-refractivity contribution in [1.82, 2.24) is 19.8 Å². The Balaban J connectivity index is 1.60. The Kier molecular flexibility index (Phi) is 8.13. The molecule has 0 spiro atoms. The summed E-state index contributed by atoms with van der Waals surface area (Å²) in [7, 11) is 4.19. The second-order valence-corrected chi connectivity index (χ2v) is 10.5. The number of benzene rings is 1. The number of hydrogen-bond acceptors (Lipinski definition) is 4. The Morgan fingerprint density at radius 1 is 1.16 bits per heavy atom. The Labute approximate surface area is 224 Å². The molecule has 1 aliphatic rings. The zero-order valence-electron chi connectivity index (χ0n) is 22.0. The fourth-order valence-electron chi connectivity index (χ4n) is 5.52. The van der Waals surface area contributed by atoms with Crippen molar-refractivity contribution >= 4 is 28.7 Å². The average Bonchev–Trinajstić information content (AvgIpc) is 3.34. The fraction of sp³-hybridized carbons (Fsp3) is 0.481. The molecule has 2 N–H and O–H groups in total. The maximum atomic E-state index is 13.8. The van der Waals surface area contributed by atoms with Gasteiger partial charge < -0.3 is 15.1 Å². The summed E-state index contributed by atoms with van der Waals surface area (Å²) in [6, 6.07) is 6.46. The number of pyridine rings is 1. The zero-order chi connectivity index (χ0) is 27.8. The number of aromatic nitrogens is 2. The number of nitrogens with one attached hydrogen (secondary N) is 2. The highest BCUT2D eigenvalue weighted by Crippen LogP contribution is 2.35. The predicted octanol–water partition coefficient (Wildman–Crippen LogP) is 5.24. The molecule has 1 amide bonds. The third-order valence-corrected chi connectivity index (χ3v) is 7.82. The summed E-state index contributed by atoms with van der Waals surface area (Å²) < 4.78 is 42.3. The molecule has 2 heterocycles. The number of carbonyl (C=O) groups excluding carboxylic acids is 1. The predicted molar refractivity (Wildman–Crippen MR) is 143 cm³/mol. The van der Waals surface area contributed by atoms with Crippen LogP contribution >= 0.6 is 11.6 Å². The van der Waals surface area contributed by atoms with Gasteiger partial charge in [-0.15, -0.1) is 0 Å². The molecule has 0 unspecified atom stereocenters. The van der Waals surface area contributed by atoms with Crippen LogP contribution in [0.25, 0.3) is 5.52 Å². The molecule has 11 heteroatoms. The molecule has 1 aromatic carbocycles. The Bertz CT molecular complexity index is 1370. The van der Waals surface area contributed by atoms with E-state index in [4.69, 9.17) is 11.6 Å². The van der Waals surface area contributed by atoms with Crippen molar-refractivity contribution in [2.45, 2.75) is 64.3 Å². The number of amides is 1.